The van der Waals surface area contributed by atoms with Crippen LogP contribution in [0.3, 0.4) is 0 Å². The van der Waals surface area contributed by atoms with Crippen LogP contribution in [0.1, 0.15) is 22.2 Å². The van der Waals surface area contributed by atoms with Crippen LogP contribution in [-0.4, -0.2) is 9.59 Å². The first-order chi connectivity index (χ1) is 7.18. The molecule has 0 radical (unpaired) electrons. The molecule has 3 nitrogen and oxygen atoms in total. The van der Waals surface area contributed by atoms with Gasteiger partial charge in [-0.15, -0.1) is 5.10 Å². The Hall–Kier alpha value is -0.970. The summed E-state index contributed by atoms with van der Waals surface area (Å²) < 4.78 is 3.87. The highest BCUT2D eigenvalue weighted by Crippen LogP contribution is 2.25. The molecule has 1 atom stereocenters. The Morgan fingerprint density at radius 2 is 2.00 bits per heavy atom. The fourth-order valence-electron chi connectivity index (χ4n) is 1.34. The Kier molecular flexibility index (Phi) is 3.00. The molecule has 1 aromatic heterocycles. The zero-order valence-electron chi connectivity index (χ0n) is 8.14. The Morgan fingerprint density at radius 1 is 1.33 bits per heavy atom. The quantitative estimate of drug-likeness (QED) is 0.876. The summed E-state index contributed by atoms with van der Waals surface area (Å²) in [6.45, 7) is 1.91. The molecule has 0 aliphatic carbocycles. The van der Waals surface area contributed by atoms with Gasteiger partial charge in [-0.1, -0.05) is 28.2 Å². The van der Waals surface area contributed by atoms with E-state index in [1.54, 1.807) is 0 Å². The lowest BCUT2D eigenvalue weighted by Gasteiger charge is -2.09. The van der Waals surface area contributed by atoms with Gasteiger partial charge in [-0.25, -0.2) is 0 Å². The van der Waals surface area contributed by atoms with Gasteiger partial charge in [0.25, 0.3) is 0 Å². The molecule has 0 saturated carbocycles. The molecule has 0 bridgehead atoms. The Labute approximate surface area is 97.1 Å². The van der Waals surface area contributed by atoms with Gasteiger partial charge in [0.05, 0.1) is 16.6 Å². The third kappa shape index (κ3) is 2.17. The van der Waals surface area contributed by atoms with Crippen LogP contribution >= 0.6 is 23.1 Å². The lowest BCUT2D eigenvalue weighted by Crippen LogP contribution is -2.11. The highest BCUT2D eigenvalue weighted by molar-refractivity contribution is 7.05. The van der Waals surface area contributed by atoms with Crippen molar-refractivity contribution in [2.24, 2.45) is 5.73 Å². The number of nitrogens with two attached hydrogens (primary N) is 1. The van der Waals surface area contributed by atoms with E-state index in [4.69, 9.17) is 17.3 Å². The Morgan fingerprint density at radius 3 is 2.53 bits per heavy atom. The summed E-state index contributed by atoms with van der Waals surface area (Å²) >= 11 is 7.15. The van der Waals surface area contributed by atoms with Crippen LogP contribution in [0.25, 0.3) is 0 Å². The number of aryl methyl sites for hydroxylation is 1. The topological polar surface area (TPSA) is 51.8 Å². The highest BCUT2D eigenvalue weighted by atomic mass is 35.5. The molecule has 0 spiro atoms. The third-order valence-corrected chi connectivity index (χ3v) is 3.36. The summed E-state index contributed by atoms with van der Waals surface area (Å²) in [6.07, 6.45) is 0. The standard InChI is InChI=1S/C10H10ClN3S/c1-6-10(15-14-13-6)9(12)7-2-4-8(11)5-3-7/h2-5,9H,12H2,1H3. The minimum atomic E-state index is -0.165. The zero-order valence-corrected chi connectivity index (χ0v) is 9.72. The summed E-state index contributed by atoms with van der Waals surface area (Å²) in [7, 11) is 0. The van der Waals surface area contributed by atoms with Gasteiger partial charge in [-0.05, 0) is 36.2 Å². The summed E-state index contributed by atoms with van der Waals surface area (Å²) in [6, 6.07) is 7.35. The predicted octanol–water partition coefficient (Wildman–Crippen LogP) is 2.55. The highest BCUT2D eigenvalue weighted by Gasteiger charge is 2.14. The van der Waals surface area contributed by atoms with E-state index in [1.807, 2.05) is 31.2 Å². The maximum atomic E-state index is 6.10. The summed E-state index contributed by atoms with van der Waals surface area (Å²) in [4.78, 5) is 0.998. The van der Waals surface area contributed by atoms with E-state index in [0.29, 0.717) is 5.02 Å². The molecule has 0 aliphatic rings. The average Bonchev–Trinajstić information content (AvgIpc) is 2.65. The number of hydrogen-bond donors (Lipinski definition) is 1. The van der Waals surface area contributed by atoms with Crippen LogP contribution in [0.4, 0.5) is 0 Å². The van der Waals surface area contributed by atoms with Gasteiger partial charge >= 0.3 is 0 Å². The van der Waals surface area contributed by atoms with Crippen molar-refractivity contribution in [1.29, 1.82) is 0 Å². The van der Waals surface area contributed by atoms with Gasteiger partial charge in [-0.2, -0.15) is 0 Å². The smallest absolute Gasteiger partial charge is 0.0776 e. The van der Waals surface area contributed by atoms with Gasteiger partial charge in [0.1, 0.15) is 0 Å². The first-order valence-corrected chi connectivity index (χ1v) is 5.63. The van der Waals surface area contributed by atoms with Gasteiger partial charge in [0.15, 0.2) is 0 Å². The number of hydrogen-bond acceptors (Lipinski definition) is 4. The van der Waals surface area contributed by atoms with E-state index in [-0.39, 0.29) is 6.04 Å². The zero-order chi connectivity index (χ0) is 10.8. The number of nitrogens with zero attached hydrogens (tertiary/aromatic N) is 2. The molecule has 78 valence electrons. The van der Waals surface area contributed by atoms with Crippen molar-refractivity contribution in [2.75, 3.05) is 0 Å². The minimum absolute atomic E-state index is 0.165. The molecular formula is C10H10ClN3S. The third-order valence-electron chi connectivity index (χ3n) is 2.20. The molecular weight excluding hydrogens is 230 g/mol. The maximum absolute atomic E-state index is 6.10. The molecule has 15 heavy (non-hydrogen) atoms. The molecule has 2 N–H and O–H groups in total. The minimum Gasteiger partial charge on any atom is -0.320 e. The van der Waals surface area contributed by atoms with Gasteiger partial charge in [-0.3, -0.25) is 0 Å². The maximum Gasteiger partial charge on any atom is 0.0776 e. The molecule has 2 rings (SSSR count). The first-order valence-electron chi connectivity index (χ1n) is 4.48. The SMILES string of the molecule is Cc1nnsc1C(N)c1ccc(Cl)cc1. The van der Waals surface area contributed by atoms with Crippen LogP contribution in [0.5, 0.6) is 0 Å². The van der Waals surface area contributed by atoms with Crippen LogP contribution in [-0.2, 0) is 0 Å². The number of aromatic nitrogens is 2. The molecule has 0 saturated heterocycles. The van der Waals surface area contributed by atoms with E-state index in [2.05, 4.69) is 9.59 Å². The van der Waals surface area contributed by atoms with Crippen molar-refractivity contribution in [1.82, 2.24) is 9.59 Å². The molecule has 0 amide bonds. The lowest BCUT2D eigenvalue weighted by atomic mass is 10.1. The second-order valence-corrected chi connectivity index (χ2v) is 4.47. The summed E-state index contributed by atoms with van der Waals surface area (Å²) in [5.41, 5.74) is 8.01. The molecule has 1 aromatic carbocycles. The Bertz CT molecular complexity index is 452. The van der Waals surface area contributed by atoms with Crippen LogP contribution in [0.2, 0.25) is 5.02 Å². The predicted molar refractivity (Wildman–Crippen MR) is 62.1 cm³/mol. The van der Waals surface area contributed by atoms with Crippen molar-refractivity contribution in [3.05, 3.63) is 45.4 Å². The second-order valence-electron chi connectivity index (χ2n) is 3.25. The lowest BCUT2D eigenvalue weighted by molar-refractivity contribution is 0.874. The molecule has 5 heteroatoms. The van der Waals surface area contributed by atoms with E-state index in [1.165, 1.54) is 11.5 Å². The van der Waals surface area contributed by atoms with E-state index in [0.717, 1.165) is 16.1 Å². The van der Waals surface area contributed by atoms with E-state index in [9.17, 15) is 0 Å². The largest absolute Gasteiger partial charge is 0.320 e. The fourth-order valence-corrected chi connectivity index (χ4v) is 2.14. The number of benzene rings is 1. The number of halogens is 1. The van der Waals surface area contributed by atoms with Crippen molar-refractivity contribution < 1.29 is 0 Å². The molecule has 1 unspecified atom stereocenters. The van der Waals surface area contributed by atoms with Crippen molar-refractivity contribution in [3.8, 4) is 0 Å². The van der Waals surface area contributed by atoms with Crippen LogP contribution in [0, 0.1) is 6.92 Å². The van der Waals surface area contributed by atoms with Crippen molar-refractivity contribution in [2.45, 2.75) is 13.0 Å². The number of rotatable bonds is 2. The van der Waals surface area contributed by atoms with Crippen molar-refractivity contribution >= 4 is 23.1 Å². The first kappa shape index (κ1) is 10.5. The van der Waals surface area contributed by atoms with E-state index < -0.39 is 0 Å². The molecule has 0 fully saturated rings. The fraction of sp³-hybridized carbons (Fsp3) is 0.200. The molecule has 1 heterocycles. The second kappa shape index (κ2) is 4.26. The van der Waals surface area contributed by atoms with Gasteiger partial charge in [0, 0.05) is 5.02 Å². The average molecular weight is 240 g/mol. The van der Waals surface area contributed by atoms with Gasteiger partial charge < -0.3 is 5.73 Å². The Balaban J connectivity index is 2.32. The summed E-state index contributed by atoms with van der Waals surface area (Å²) in [5.74, 6) is 0. The molecule has 0 aliphatic heterocycles. The summed E-state index contributed by atoms with van der Waals surface area (Å²) in [5, 5.41) is 4.66. The monoisotopic (exact) mass is 239 g/mol. The van der Waals surface area contributed by atoms with Crippen LogP contribution in [0.15, 0.2) is 24.3 Å². The molecule has 2 aromatic rings. The van der Waals surface area contributed by atoms with Crippen molar-refractivity contribution in [3.63, 3.8) is 0 Å². The van der Waals surface area contributed by atoms with E-state index >= 15 is 0 Å². The van der Waals surface area contributed by atoms with Crippen LogP contribution < -0.4 is 5.73 Å². The normalized spacial score (nSPS) is 12.7. The van der Waals surface area contributed by atoms with Gasteiger partial charge in [0.2, 0.25) is 0 Å².